The molecule has 0 fully saturated rings. The van der Waals surface area contributed by atoms with Crippen molar-refractivity contribution in [1.29, 1.82) is 0 Å². The molecule has 0 saturated carbocycles. The number of aromatic nitrogens is 5. The number of para-hydroxylation sites is 1. The Morgan fingerprint density at radius 3 is 2.48 bits per heavy atom. The fourth-order valence-corrected chi connectivity index (χ4v) is 3.73. The Balaban J connectivity index is 1.60. The van der Waals surface area contributed by atoms with E-state index in [1.54, 1.807) is 17.0 Å². The number of tetrazole rings is 1. The number of hydrogen-bond acceptors (Lipinski definition) is 6. The number of anilines is 2. The van der Waals surface area contributed by atoms with E-state index in [1.165, 1.54) is 27.6 Å². The van der Waals surface area contributed by atoms with Crippen molar-refractivity contribution < 1.29 is 4.79 Å². The lowest BCUT2D eigenvalue weighted by atomic mass is 10.2. The van der Waals surface area contributed by atoms with E-state index >= 15 is 0 Å². The highest BCUT2D eigenvalue weighted by molar-refractivity contribution is 7.14. The first-order chi connectivity index (χ1) is 14.0. The summed E-state index contributed by atoms with van der Waals surface area (Å²) in [7, 11) is 0. The van der Waals surface area contributed by atoms with Crippen LogP contribution in [0.4, 0.5) is 10.8 Å². The number of amides is 1. The van der Waals surface area contributed by atoms with E-state index in [0.29, 0.717) is 16.5 Å². The highest BCUT2D eigenvalue weighted by Gasteiger charge is 2.19. The largest absolute Gasteiger partial charge is 0.368 e. The first-order valence-electron chi connectivity index (χ1n) is 8.93. The summed E-state index contributed by atoms with van der Waals surface area (Å²) in [5, 5.41) is 10.2. The fraction of sp³-hybridized carbons (Fsp3) is 0.150. The summed E-state index contributed by atoms with van der Waals surface area (Å²) >= 11 is 1.34. The standard InChI is InChI=1S/C20H18N6O2S/c1-14-8-10-17(11-9-14)25(15(2)27)19-21-16(13-29-19)12-24-20(28)26(23-22-24)18-6-4-3-5-7-18/h3-11,13H,12H2,1-2H3. The highest BCUT2D eigenvalue weighted by Crippen LogP contribution is 2.29. The second-order valence-corrected chi connectivity index (χ2v) is 7.31. The van der Waals surface area contributed by atoms with Crippen LogP contribution in [0.5, 0.6) is 0 Å². The smallest absolute Gasteiger partial charge is 0.274 e. The molecule has 0 aliphatic carbocycles. The third-order valence-corrected chi connectivity index (χ3v) is 5.16. The highest BCUT2D eigenvalue weighted by atomic mass is 32.1. The van der Waals surface area contributed by atoms with E-state index in [-0.39, 0.29) is 18.1 Å². The Kier molecular flexibility index (Phi) is 5.05. The van der Waals surface area contributed by atoms with Crippen LogP contribution in [0.2, 0.25) is 0 Å². The van der Waals surface area contributed by atoms with Gasteiger partial charge in [0, 0.05) is 12.3 Å². The summed E-state index contributed by atoms with van der Waals surface area (Å²) in [5.41, 5.74) is 2.78. The number of thiazole rings is 1. The van der Waals surface area contributed by atoms with Crippen LogP contribution < -0.4 is 10.6 Å². The molecule has 8 nitrogen and oxygen atoms in total. The molecule has 4 aromatic rings. The average Bonchev–Trinajstić information content (AvgIpc) is 3.31. The van der Waals surface area contributed by atoms with Gasteiger partial charge in [-0.1, -0.05) is 35.9 Å². The molecule has 1 amide bonds. The van der Waals surface area contributed by atoms with E-state index in [1.807, 2.05) is 54.8 Å². The van der Waals surface area contributed by atoms with E-state index in [0.717, 1.165) is 11.3 Å². The van der Waals surface area contributed by atoms with Gasteiger partial charge in [-0.3, -0.25) is 9.69 Å². The minimum atomic E-state index is -0.354. The number of nitrogens with zero attached hydrogens (tertiary/aromatic N) is 6. The zero-order valence-corrected chi connectivity index (χ0v) is 16.7. The Morgan fingerprint density at radius 2 is 1.79 bits per heavy atom. The van der Waals surface area contributed by atoms with Crippen molar-refractivity contribution in [2.24, 2.45) is 0 Å². The quantitative estimate of drug-likeness (QED) is 0.509. The van der Waals surface area contributed by atoms with E-state index in [2.05, 4.69) is 15.4 Å². The summed E-state index contributed by atoms with van der Waals surface area (Å²) in [5.74, 6) is -0.137. The summed E-state index contributed by atoms with van der Waals surface area (Å²) in [6.07, 6.45) is 0. The molecule has 0 radical (unpaired) electrons. The lowest BCUT2D eigenvalue weighted by Crippen LogP contribution is -2.25. The summed E-state index contributed by atoms with van der Waals surface area (Å²) in [4.78, 5) is 30.9. The normalized spacial score (nSPS) is 10.8. The maximum Gasteiger partial charge on any atom is 0.368 e. The maximum absolute atomic E-state index is 12.6. The molecule has 0 spiro atoms. The first-order valence-corrected chi connectivity index (χ1v) is 9.81. The maximum atomic E-state index is 12.6. The minimum absolute atomic E-state index is 0.137. The molecule has 0 atom stereocenters. The molecule has 29 heavy (non-hydrogen) atoms. The summed E-state index contributed by atoms with van der Waals surface area (Å²) in [6, 6.07) is 16.7. The van der Waals surface area contributed by atoms with Gasteiger partial charge in [-0.25, -0.2) is 9.78 Å². The number of benzene rings is 2. The molecule has 9 heteroatoms. The molecule has 2 heterocycles. The van der Waals surface area contributed by atoms with Crippen LogP contribution in [0.1, 0.15) is 18.2 Å². The van der Waals surface area contributed by atoms with Crippen LogP contribution in [-0.4, -0.2) is 30.7 Å². The Hall–Kier alpha value is -3.59. The summed E-state index contributed by atoms with van der Waals surface area (Å²) < 4.78 is 2.48. The van der Waals surface area contributed by atoms with Crippen molar-refractivity contribution >= 4 is 28.1 Å². The predicted molar refractivity (Wildman–Crippen MR) is 111 cm³/mol. The van der Waals surface area contributed by atoms with Gasteiger partial charge >= 0.3 is 5.69 Å². The van der Waals surface area contributed by atoms with Crippen molar-refractivity contribution in [3.63, 3.8) is 0 Å². The number of carbonyl (C=O) groups excluding carboxylic acids is 1. The van der Waals surface area contributed by atoms with Crippen LogP contribution in [0, 0.1) is 6.92 Å². The van der Waals surface area contributed by atoms with Gasteiger partial charge in [0.2, 0.25) is 5.91 Å². The Morgan fingerprint density at radius 1 is 1.07 bits per heavy atom. The van der Waals surface area contributed by atoms with Crippen LogP contribution in [0.3, 0.4) is 0 Å². The van der Waals surface area contributed by atoms with Crippen molar-refractivity contribution in [2.75, 3.05) is 4.90 Å². The molecule has 0 saturated heterocycles. The number of aryl methyl sites for hydroxylation is 1. The van der Waals surface area contributed by atoms with E-state index in [9.17, 15) is 9.59 Å². The van der Waals surface area contributed by atoms with Gasteiger partial charge in [-0.15, -0.1) is 11.3 Å². The SMILES string of the molecule is CC(=O)N(c1ccc(C)cc1)c1nc(Cn2nnn(-c3ccccc3)c2=O)cs1. The van der Waals surface area contributed by atoms with Gasteiger partial charge in [-0.2, -0.15) is 9.36 Å². The average molecular weight is 406 g/mol. The van der Waals surface area contributed by atoms with Crippen LogP contribution in [-0.2, 0) is 11.3 Å². The van der Waals surface area contributed by atoms with Crippen molar-refractivity contribution in [3.05, 3.63) is 81.7 Å². The third-order valence-electron chi connectivity index (χ3n) is 4.29. The number of carbonyl (C=O) groups is 1. The molecule has 0 aliphatic heterocycles. The van der Waals surface area contributed by atoms with Gasteiger partial charge in [0.25, 0.3) is 0 Å². The molecule has 4 rings (SSSR count). The van der Waals surface area contributed by atoms with Crippen molar-refractivity contribution in [2.45, 2.75) is 20.4 Å². The van der Waals surface area contributed by atoms with Gasteiger partial charge in [0.1, 0.15) is 0 Å². The van der Waals surface area contributed by atoms with Gasteiger partial charge in [0.05, 0.1) is 23.6 Å². The molecule has 2 aromatic carbocycles. The van der Waals surface area contributed by atoms with E-state index < -0.39 is 0 Å². The molecule has 2 aromatic heterocycles. The second-order valence-electron chi connectivity index (χ2n) is 6.48. The molecule has 0 unspecified atom stereocenters. The molecule has 0 N–H and O–H groups in total. The topological polar surface area (TPSA) is 85.9 Å². The van der Waals surface area contributed by atoms with E-state index in [4.69, 9.17) is 0 Å². The number of hydrogen-bond donors (Lipinski definition) is 0. The molecule has 146 valence electrons. The lowest BCUT2D eigenvalue weighted by molar-refractivity contribution is -0.115. The zero-order chi connectivity index (χ0) is 20.4. The minimum Gasteiger partial charge on any atom is -0.274 e. The van der Waals surface area contributed by atoms with Gasteiger partial charge in [0.15, 0.2) is 5.13 Å². The van der Waals surface area contributed by atoms with Gasteiger partial charge in [-0.05, 0) is 41.6 Å². The van der Waals surface area contributed by atoms with Crippen molar-refractivity contribution in [3.8, 4) is 5.69 Å². The summed E-state index contributed by atoms with van der Waals surface area (Å²) in [6.45, 7) is 3.66. The third kappa shape index (κ3) is 3.85. The van der Waals surface area contributed by atoms with Crippen LogP contribution in [0.15, 0.2) is 64.8 Å². The first kappa shape index (κ1) is 18.8. The lowest BCUT2D eigenvalue weighted by Gasteiger charge is -2.18. The van der Waals surface area contributed by atoms with Crippen LogP contribution >= 0.6 is 11.3 Å². The molecule has 0 aliphatic rings. The predicted octanol–water partition coefficient (Wildman–Crippen LogP) is 2.93. The molecule has 0 bridgehead atoms. The Bertz CT molecular complexity index is 1190. The monoisotopic (exact) mass is 406 g/mol. The second kappa shape index (κ2) is 7.80. The molecular weight excluding hydrogens is 388 g/mol. The van der Waals surface area contributed by atoms with Gasteiger partial charge < -0.3 is 0 Å². The van der Waals surface area contributed by atoms with Crippen molar-refractivity contribution in [1.82, 2.24) is 24.8 Å². The van der Waals surface area contributed by atoms with Crippen LogP contribution in [0.25, 0.3) is 5.69 Å². The molecular formula is C20H18N6O2S. The fourth-order valence-electron chi connectivity index (χ4n) is 2.85. The number of rotatable bonds is 5. The zero-order valence-electron chi connectivity index (χ0n) is 15.9. The Labute approximate surface area is 170 Å².